The number of nitrogens with zero attached hydrogens (tertiary/aromatic N) is 1. The SMILES string of the molecule is COc1cccc(CNCCCC(CCCN2CCC(c3ccccc3)CC2)(c2ccccc2)c2ccccc2)c1. The summed E-state index contributed by atoms with van der Waals surface area (Å²) in [5.74, 6) is 1.63. The standard InChI is InChI=1S/C38H46N2O/c1-41-37-21-11-14-32(30-37)31-39-26-12-24-38(35-17-7-3-8-18-35,36-19-9-4-10-20-36)25-13-27-40-28-22-34(23-29-40)33-15-5-2-6-16-33/h2-11,14-21,30,34,39H,12-13,22-29,31H2,1H3. The largest absolute Gasteiger partial charge is 0.497 e. The van der Waals surface area contributed by atoms with E-state index in [9.17, 15) is 0 Å². The molecule has 3 nitrogen and oxygen atoms in total. The maximum atomic E-state index is 5.40. The summed E-state index contributed by atoms with van der Waals surface area (Å²) in [5.41, 5.74) is 5.68. The van der Waals surface area contributed by atoms with Crippen molar-refractivity contribution in [2.75, 3.05) is 33.3 Å². The van der Waals surface area contributed by atoms with E-state index in [1.165, 1.54) is 61.2 Å². The van der Waals surface area contributed by atoms with Gasteiger partial charge < -0.3 is 15.0 Å². The number of nitrogens with one attached hydrogen (secondary N) is 1. The third-order valence-electron chi connectivity index (χ3n) is 9.01. The molecule has 1 saturated heterocycles. The topological polar surface area (TPSA) is 24.5 Å². The first kappa shape index (κ1) is 29.1. The average molecular weight is 547 g/mol. The van der Waals surface area contributed by atoms with E-state index >= 15 is 0 Å². The molecule has 1 N–H and O–H groups in total. The molecule has 4 aromatic rings. The minimum absolute atomic E-state index is 0.0164. The Morgan fingerprint density at radius 1 is 0.732 bits per heavy atom. The molecule has 1 aliphatic rings. The zero-order valence-electron chi connectivity index (χ0n) is 24.7. The van der Waals surface area contributed by atoms with Gasteiger partial charge in [0.15, 0.2) is 0 Å². The number of hydrogen-bond donors (Lipinski definition) is 1. The van der Waals surface area contributed by atoms with Crippen LogP contribution in [-0.2, 0) is 12.0 Å². The van der Waals surface area contributed by atoms with Crippen LogP contribution in [0.2, 0.25) is 0 Å². The first-order valence-electron chi connectivity index (χ1n) is 15.5. The van der Waals surface area contributed by atoms with Gasteiger partial charge >= 0.3 is 0 Å². The van der Waals surface area contributed by atoms with E-state index in [-0.39, 0.29) is 5.41 Å². The minimum atomic E-state index is 0.0164. The van der Waals surface area contributed by atoms with Gasteiger partial charge in [-0.2, -0.15) is 0 Å². The van der Waals surface area contributed by atoms with E-state index in [1.54, 1.807) is 7.11 Å². The smallest absolute Gasteiger partial charge is 0.119 e. The van der Waals surface area contributed by atoms with Gasteiger partial charge in [-0.1, -0.05) is 103 Å². The number of rotatable bonds is 14. The summed E-state index contributed by atoms with van der Waals surface area (Å²) >= 11 is 0. The zero-order valence-corrected chi connectivity index (χ0v) is 24.7. The molecule has 5 rings (SSSR count). The maximum absolute atomic E-state index is 5.40. The molecule has 1 aliphatic heterocycles. The highest BCUT2D eigenvalue weighted by molar-refractivity contribution is 5.39. The summed E-state index contributed by atoms with van der Waals surface area (Å²) < 4.78 is 5.40. The fourth-order valence-electron chi connectivity index (χ4n) is 6.73. The van der Waals surface area contributed by atoms with Gasteiger partial charge in [-0.05, 0) is 105 Å². The Morgan fingerprint density at radius 3 is 1.98 bits per heavy atom. The van der Waals surface area contributed by atoms with Crippen molar-refractivity contribution in [1.29, 1.82) is 0 Å². The molecule has 0 saturated carbocycles. The van der Waals surface area contributed by atoms with Crippen LogP contribution in [0.1, 0.15) is 66.7 Å². The van der Waals surface area contributed by atoms with Crippen LogP contribution in [0.4, 0.5) is 0 Å². The second-order valence-corrected chi connectivity index (χ2v) is 11.6. The molecule has 1 fully saturated rings. The van der Waals surface area contributed by atoms with Crippen LogP contribution < -0.4 is 10.1 Å². The van der Waals surface area contributed by atoms with Gasteiger partial charge in [0.25, 0.3) is 0 Å². The fraction of sp³-hybridized carbons (Fsp3) is 0.368. The Kier molecular flexibility index (Phi) is 10.7. The Balaban J connectivity index is 1.22. The van der Waals surface area contributed by atoms with E-state index in [1.807, 2.05) is 6.07 Å². The second-order valence-electron chi connectivity index (χ2n) is 11.6. The minimum Gasteiger partial charge on any atom is -0.497 e. The molecule has 214 valence electrons. The maximum Gasteiger partial charge on any atom is 0.119 e. The highest BCUT2D eigenvalue weighted by Gasteiger charge is 2.33. The van der Waals surface area contributed by atoms with Crippen LogP contribution >= 0.6 is 0 Å². The molecule has 0 aromatic heterocycles. The Bertz CT molecular complexity index is 1240. The Morgan fingerprint density at radius 2 is 1.34 bits per heavy atom. The van der Waals surface area contributed by atoms with Crippen molar-refractivity contribution in [1.82, 2.24) is 10.2 Å². The van der Waals surface area contributed by atoms with E-state index in [0.717, 1.165) is 38.1 Å². The molecular weight excluding hydrogens is 500 g/mol. The van der Waals surface area contributed by atoms with Gasteiger partial charge in [0, 0.05) is 12.0 Å². The highest BCUT2D eigenvalue weighted by Crippen LogP contribution is 2.41. The van der Waals surface area contributed by atoms with Crippen LogP contribution in [0.25, 0.3) is 0 Å². The van der Waals surface area contributed by atoms with Crippen LogP contribution in [0.3, 0.4) is 0 Å². The normalized spacial score (nSPS) is 14.7. The predicted molar refractivity (Wildman–Crippen MR) is 172 cm³/mol. The van der Waals surface area contributed by atoms with Crippen molar-refractivity contribution >= 4 is 0 Å². The van der Waals surface area contributed by atoms with Crippen LogP contribution in [0, 0.1) is 0 Å². The van der Waals surface area contributed by atoms with Crippen molar-refractivity contribution in [3.8, 4) is 5.75 Å². The van der Waals surface area contributed by atoms with Gasteiger partial charge in [-0.25, -0.2) is 0 Å². The number of ether oxygens (including phenoxy) is 1. The Hall–Kier alpha value is -3.40. The van der Waals surface area contributed by atoms with Crippen molar-refractivity contribution in [2.45, 2.75) is 56.4 Å². The molecule has 0 aliphatic carbocycles. The van der Waals surface area contributed by atoms with E-state index in [4.69, 9.17) is 4.74 Å². The van der Waals surface area contributed by atoms with E-state index < -0.39 is 0 Å². The number of hydrogen-bond acceptors (Lipinski definition) is 3. The van der Waals surface area contributed by atoms with Crippen LogP contribution in [-0.4, -0.2) is 38.2 Å². The summed E-state index contributed by atoms with van der Waals surface area (Å²) in [5, 5.41) is 3.69. The fourth-order valence-corrected chi connectivity index (χ4v) is 6.73. The van der Waals surface area contributed by atoms with Crippen molar-refractivity contribution in [2.24, 2.45) is 0 Å². The van der Waals surface area contributed by atoms with Crippen LogP contribution in [0.15, 0.2) is 115 Å². The zero-order chi connectivity index (χ0) is 28.2. The van der Waals surface area contributed by atoms with Gasteiger partial charge in [0.2, 0.25) is 0 Å². The molecule has 0 bridgehead atoms. The number of likely N-dealkylation sites (tertiary alicyclic amines) is 1. The van der Waals surface area contributed by atoms with Crippen LogP contribution in [0.5, 0.6) is 5.75 Å². The molecule has 0 radical (unpaired) electrons. The number of methoxy groups -OCH3 is 1. The third-order valence-corrected chi connectivity index (χ3v) is 9.01. The Labute approximate surface area is 247 Å². The summed E-state index contributed by atoms with van der Waals surface area (Å²) in [6.45, 7) is 5.44. The highest BCUT2D eigenvalue weighted by atomic mass is 16.5. The lowest BCUT2D eigenvalue weighted by Crippen LogP contribution is -2.35. The molecule has 41 heavy (non-hydrogen) atoms. The van der Waals surface area contributed by atoms with Gasteiger partial charge in [-0.3, -0.25) is 0 Å². The van der Waals surface area contributed by atoms with Crippen molar-refractivity contribution < 1.29 is 4.74 Å². The average Bonchev–Trinajstić information content (AvgIpc) is 3.05. The van der Waals surface area contributed by atoms with Crippen molar-refractivity contribution in [3.63, 3.8) is 0 Å². The molecule has 4 aromatic carbocycles. The molecular formula is C38H46N2O. The first-order chi connectivity index (χ1) is 20.3. The molecule has 3 heteroatoms. The van der Waals surface area contributed by atoms with Gasteiger partial charge in [-0.15, -0.1) is 0 Å². The van der Waals surface area contributed by atoms with Crippen molar-refractivity contribution in [3.05, 3.63) is 138 Å². The molecule has 0 amide bonds. The molecule has 0 unspecified atom stereocenters. The lowest BCUT2D eigenvalue weighted by molar-refractivity contribution is 0.203. The predicted octanol–water partition coefficient (Wildman–Crippen LogP) is 8.21. The molecule has 0 spiro atoms. The van der Waals surface area contributed by atoms with Gasteiger partial charge in [0.1, 0.15) is 5.75 Å². The lowest BCUT2D eigenvalue weighted by atomic mass is 9.68. The quantitative estimate of drug-likeness (QED) is 0.161. The summed E-state index contributed by atoms with van der Waals surface area (Å²) in [4.78, 5) is 2.70. The number of benzene rings is 4. The first-order valence-corrected chi connectivity index (χ1v) is 15.5. The monoisotopic (exact) mass is 546 g/mol. The third kappa shape index (κ3) is 7.87. The summed E-state index contributed by atoms with van der Waals surface area (Å²) in [7, 11) is 1.73. The lowest BCUT2D eigenvalue weighted by Gasteiger charge is -2.37. The van der Waals surface area contributed by atoms with E-state index in [2.05, 4.69) is 119 Å². The summed E-state index contributed by atoms with van der Waals surface area (Å²) in [6.07, 6.45) is 7.15. The molecule has 0 atom stereocenters. The summed E-state index contributed by atoms with van der Waals surface area (Å²) in [6, 6.07) is 42.0. The second kappa shape index (κ2) is 15.0. The molecule has 1 heterocycles. The van der Waals surface area contributed by atoms with E-state index in [0.29, 0.717) is 5.92 Å². The number of piperidine rings is 1. The van der Waals surface area contributed by atoms with Gasteiger partial charge in [0.05, 0.1) is 7.11 Å².